The minimum atomic E-state index is 0.792. The molecule has 0 fully saturated rings. The van der Waals surface area contributed by atoms with E-state index in [4.69, 9.17) is 4.42 Å². The Labute approximate surface area is 84.1 Å². The highest BCUT2D eigenvalue weighted by Crippen LogP contribution is 2.00. The standard InChI is InChI=1S/C13H10O/c1-2-3-4-5-6-7-8-10-13-11-9-12-14-13/h2-3,8-12H,1H3/b3-2-,10-8-. The molecule has 1 aromatic heterocycles. The van der Waals surface area contributed by atoms with Crippen molar-refractivity contribution in [2.75, 3.05) is 0 Å². The highest BCUT2D eigenvalue weighted by molar-refractivity contribution is 5.48. The van der Waals surface area contributed by atoms with Crippen molar-refractivity contribution in [3.63, 3.8) is 0 Å². The van der Waals surface area contributed by atoms with Gasteiger partial charge in [-0.05, 0) is 49.1 Å². The third kappa shape index (κ3) is 4.04. The number of hydrogen-bond acceptors (Lipinski definition) is 1. The molecule has 68 valence electrons. The summed E-state index contributed by atoms with van der Waals surface area (Å²) in [6.07, 6.45) is 8.75. The molecule has 0 aliphatic heterocycles. The first-order valence-electron chi connectivity index (χ1n) is 4.26. The number of hydrogen-bond donors (Lipinski definition) is 0. The van der Waals surface area contributed by atoms with E-state index in [1.807, 2.05) is 25.1 Å². The normalized spacial score (nSPS) is 9.50. The fourth-order valence-corrected chi connectivity index (χ4v) is 0.749. The van der Waals surface area contributed by atoms with Crippen LogP contribution in [0.15, 0.2) is 41.0 Å². The lowest BCUT2D eigenvalue weighted by Gasteiger charge is -1.76. The first-order chi connectivity index (χ1) is 6.93. The maximum atomic E-state index is 5.08. The van der Waals surface area contributed by atoms with Gasteiger partial charge in [0.15, 0.2) is 0 Å². The Morgan fingerprint density at radius 1 is 1.21 bits per heavy atom. The Morgan fingerprint density at radius 3 is 2.64 bits per heavy atom. The van der Waals surface area contributed by atoms with E-state index in [9.17, 15) is 0 Å². The highest BCUT2D eigenvalue weighted by atomic mass is 16.3. The van der Waals surface area contributed by atoms with Crippen molar-refractivity contribution in [3.8, 4) is 23.7 Å². The molecule has 1 heterocycles. The summed E-state index contributed by atoms with van der Waals surface area (Å²) in [6.45, 7) is 1.92. The summed E-state index contributed by atoms with van der Waals surface area (Å²) in [5.74, 6) is 11.7. The van der Waals surface area contributed by atoms with E-state index in [0.29, 0.717) is 0 Å². The SMILES string of the molecule is C/C=C\C#CC#C/C=C\c1ccco1. The first-order valence-corrected chi connectivity index (χ1v) is 4.26. The summed E-state index contributed by atoms with van der Waals surface area (Å²) in [5, 5.41) is 0. The molecule has 1 aromatic rings. The summed E-state index contributed by atoms with van der Waals surface area (Å²) in [5.41, 5.74) is 0. The molecule has 1 nitrogen and oxygen atoms in total. The molecular formula is C13H10O. The number of allylic oxidation sites excluding steroid dienone is 3. The van der Waals surface area contributed by atoms with Crippen LogP contribution in [0.25, 0.3) is 6.08 Å². The molecule has 0 N–H and O–H groups in total. The Hall–Kier alpha value is -2.12. The maximum absolute atomic E-state index is 5.08. The van der Waals surface area contributed by atoms with Crippen LogP contribution < -0.4 is 0 Å². The van der Waals surface area contributed by atoms with Gasteiger partial charge in [-0.1, -0.05) is 17.9 Å². The Kier molecular flexibility index (Phi) is 4.56. The quantitative estimate of drug-likeness (QED) is 0.609. The van der Waals surface area contributed by atoms with Crippen LogP contribution in [0.3, 0.4) is 0 Å². The molecule has 14 heavy (non-hydrogen) atoms. The van der Waals surface area contributed by atoms with E-state index in [1.165, 1.54) is 0 Å². The van der Waals surface area contributed by atoms with Gasteiger partial charge >= 0.3 is 0 Å². The summed E-state index contributed by atoms with van der Waals surface area (Å²) in [7, 11) is 0. The van der Waals surface area contributed by atoms with Crippen LogP contribution in [0.4, 0.5) is 0 Å². The van der Waals surface area contributed by atoms with E-state index < -0.39 is 0 Å². The lowest BCUT2D eigenvalue weighted by Crippen LogP contribution is -1.58. The van der Waals surface area contributed by atoms with Crippen molar-refractivity contribution in [3.05, 3.63) is 42.4 Å². The molecule has 0 spiro atoms. The number of rotatable bonds is 1. The summed E-state index contributed by atoms with van der Waals surface area (Å²) in [4.78, 5) is 0. The van der Waals surface area contributed by atoms with E-state index in [-0.39, 0.29) is 0 Å². The molecule has 0 radical (unpaired) electrons. The number of furan rings is 1. The van der Waals surface area contributed by atoms with Gasteiger partial charge in [-0.15, -0.1) is 0 Å². The Bertz CT molecular complexity index is 425. The van der Waals surface area contributed by atoms with Crippen molar-refractivity contribution < 1.29 is 4.42 Å². The minimum Gasteiger partial charge on any atom is -0.465 e. The molecule has 0 aliphatic rings. The lowest BCUT2D eigenvalue weighted by atomic mass is 10.4. The fraction of sp³-hybridized carbons (Fsp3) is 0.0769. The Morgan fingerprint density at radius 2 is 2.00 bits per heavy atom. The Balaban J connectivity index is 2.45. The first kappa shape index (κ1) is 9.96. The second kappa shape index (κ2) is 6.40. The van der Waals surface area contributed by atoms with Gasteiger partial charge in [0.05, 0.1) is 6.26 Å². The van der Waals surface area contributed by atoms with E-state index in [0.717, 1.165) is 5.76 Å². The van der Waals surface area contributed by atoms with Crippen molar-refractivity contribution in [1.82, 2.24) is 0 Å². The van der Waals surface area contributed by atoms with Gasteiger partial charge < -0.3 is 4.42 Å². The molecular weight excluding hydrogens is 172 g/mol. The van der Waals surface area contributed by atoms with Crippen molar-refractivity contribution in [1.29, 1.82) is 0 Å². The fourth-order valence-electron chi connectivity index (χ4n) is 0.749. The van der Waals surface area contributed by atoms with Crippen molar-refractivity contribution in [2.24, 2.45) is 0 Å². The van der Waals surface area contributed by atoms with Gasteiger partial charge in [0.25, 0.3) is 0 Å². The zero-order chi connectivity index (χ0) is 10.1. The van der Waals surface area contributed by atoms with Crippen LogP contribution in [0.1, 0.15) is 12.7 Å². The zero-order valence-electron chi connectivity index (χ0n) is 7.95. The van der Waals surface area contributed by atoms with E-state index >= 15 is 0 Å². The molecule has 1 rings (SSSR count). The monoisotopic (exact) mass is 182 g/mol. The summed E-state index contributed by atoms with van der Waals surface area (Å²) < 4.78 is 5.08. The van der Waals surface area contributed by atoms with Crippen LogP contribution in [0.5, 0.6) is 0 Å². The summed E-state index contributed by atoms with van der Waals surface area (Å²) in [6, 6.07) is 3.70. The van der Waals surface area contributed by atoms with Crippen LogP contribution in [-0.4, -0.2) is 0 Å². The van der Waals surface area contributed by atoms with E-state index in [2.05, 4.69) is 23.7 Å². The topological polar surface area (TPSA) is 13.1 Å². The third-order valence-electron chi connectivity index (χ3n) is 1.33. The molecule has 0 aliphatic carbocycles. The van der Waals surface area contributed by atoms with Crippen molar-refractivity contribution in [2.45, 2.75) is 6.92 Å². The molecule has 0 aromatic carbocycles. The van der Waals surface area contributed by atoms with Gasteiger partial charge in [-0.2, -0.15) is 0 Å². The molecule has 0 atom stereocenters. The van der Waals surface area contributed by atoms with Gasteiger partial charge in [0.1, 0.15) is 5.76 Å². The lowest BCUT2D eigenvalue weighted by molar-refractivity contribution is 0.557. The minimum absolute atomic E-state index is 0.792. The smallest absolute Gasteiger partial charge is 0.127 e. The predicted molar refractivity (Wildman–Crippen MR) is 58.1 cm³/mol. The van der Waals surface area contributed by atoms with Gasteiger partial charge in [-0.25, -0.2) is 0 Å². The second-order valence-corrected chi connectivity index (χ2v) is 2.39. The predicted octanol–water partition coefficient (Wildman–Crippen LogP) is 2.88. The van der Waals surface area contributed by atoms with Crippen LogP contribution >= 0.6 is 0 Å². The average Bonchev–Trinajstić information content (AvgIpc) is 2.69. The average molecular weight is 182 g/mol. The molecule has 1 heteroatoms. The molecule has 0 unspecified atom stereocenters. The van der Waals surface area contributed by atoms with Gasteiger partial charge in [0, 0.05) is 0 Å². The van der Waals surface area contributed by atoms with Crippen molar-refractivity contribution >= 4 is 6.08 Å². The molecule has 0 saturated carbocycles. The van der Waals surface area contributed by atoms with Crippen LogP contribution in [-0.2, 0) is 0 Å². The second-order valence-electron chi connectivity index (χ2n) is 2.39. The van der Waals surface area contributed by atoms with Gasteiger partial charge in [-0.3, -0.25) is 0 Å². The van der Waals surface area contributed by atoms with Crippen LogP contribution in [0, 0.1) is 23.7 Å². The zero-order valence-corrected chi connectivity index (χ0v) is 7.95. The largest absolute Gasteiger partial charge is 0.465 e. The third-order valence-corrected chi connectivity index (χ3v) is 1.33. The van der Waals surface area contributed by atoms with Crippen LogP contribution in [0.2, 0.25) is 0 Å². The maximum Gasteiger partial charge on any atom is 0.127 e. The van der Waals surface area contributed by atoms with E-state index in [1.54, 1.807) is 24.5 Å². The highest BCUT2D eigenvalue weighted by Gasteiger charge is 1.83. The summed E-state index contributed by atoms with van der Waals surface area (Å²) >= 11 is 0. The molecule has 0 saturated heterocycles. The van der Waals surface area contributed by atoms with Gasteiger partial charge in [0.2, 0.25) is 0 Å². The molecule has 0 bridgehead atoms. The molecule has 0 amide bonds.